The van der Waals surface area contributed by atoms with Crippen molar-refractivity contribution in [3.05, 3.63) is 0 Å². The molecule has 0 aromatic rings. The maximum Gasteiger partial charge on any atom is 0.0920 e. The molecule has 0 N–H and O–H groups in total. The molecule has 0 atom stereocenters. The third kappa shape index (κ3) is 24.5. The van der Waals surface area contributed by atoms with Gasteiger partial charge in [0, 0.05) is 0 Å². The maximum absolute atomic E-state index is 5.86. The van der Waals surface area contributed by atoms with Crippen molar-refractivity contribution in [1.82, 2.24) is 0 Å². The molecule has 0 aliphatic heterocycles. The van der Waals surface area contributed by atoms with Gasteiger partial charge in [0.25, 0.3) is 0 Å². The summed E-state index contributed by atoms with van der Waals surface area (Å²) in [6.45, 7) is 4.68. The molecule has 0 heterocycles. The molecule has 0 aromatic carbocycles. The second kappa shape index (κ2) is 22.8. The van der Waals surface area contributed by atoms with Gasteiger partial charge >= 0.3 is 0 Å². The molecule has 0 aromatic heterocycles. The fraction of sp³-hybridized carbons (Fsp3) is 1.00. The summed E-state index contributed by atoms with van der Waals surface area (Å²) in [5.74, 6) is 0.784. The van der Waals surface area contributed by atoms with Gasteiger partial charge in [-0.2, -0.15) is 0 Å². The van der Waals surface area contributed by atoms with Crippen LogP contribution in [0.1, 0.15) is 122 Å². The number of nitrogens with zero attached hydrogens (tertiary/aromatic N) is 1. The fourth-order valence-corrected chi connectivity index (χ4v) is 4.24. The number of quaternary nitrogens is 1. The largest absolute Gasteiger partial charge is 1.00 e. The summed E-state index contributed by atoms with van der Waals surface area (Å²) in [4.78, 5) is 0. The zero-order valence-corrected chi connectivity index (χ0v) is 20.6. The Balaban J connectivity index is 0. The van der Waals surface area contributed by atoms with Crippen LogP contribution in [0.5, 0.6) is 0 Å². The van der Waals surface area contributed by atoms with Gasteiger partial charge < -0.3 is 16.9 Å². The first-order valence-electron chi connectivity index (χ1n) is 12.0. The van der Waals surface area contributed by atoms with E-state index in [1.165, 1.54) is 122 Å². The van der Waals surface area contributed by atoms with Gasteiger partial charge in [-0.25, -0.2) is 0 Å². The fourth-order valence-electron chi connectivity index (χ4n) is 3.78. The van der Waals surface area contributed by atoms with Crippen LogP contribution >= 0.6 is 11.6 Å². The van der Waals surface area contributed by atoms with Crippen molar-refractivity contribution in [3.63, 3.8) is 0 Å². The number of hydrogen-bond donors (Lipinski definition) is 0. The van der Waals surface area contributed by atoms with Gasteiger partial charge in [-0.15, -0.1) is 11.6 Å². The first kappa shape index (κ1) is 29.7. The molecular weight excluding hydrogens is 373 g/mol. The van der Waals surface area contributed by atoms with Crippen LogP contribution in [0.4, 0.5) is 0 Å². The Morgan fingerprint density at radius 3 is 1.07 bits per heavy atom. The van der Waals surface area contributed by atoms with Crippen molar-refractivity contribution >= 4 is 11.6 Å². The van der Waals surface area contributed by atoms with Gasteiger partial charge in [0.05, 0.1) is 33.1 Å². The van der Waals surface area contributed by atoms with E-state index in [1.807, 2.05) is 0 Å². The molecule has 0 aliphatic carbocycles. The Morgan fingerprint density at radius 1 is 0.481 bits per heavy atom. The average Bonchev–Trinajstić information content (AvgIpc) is 2.60. The van der Waals surface area contributed by atoms with Crippen molar-refractivity contribution in [1.29, 1.82) is 0 Å². The summed E-state index contributed by atoms with van der Waals surface area (Å²) < 4.78 is 1.09. The van der Waals surface area contributed by atoms with E-state index in [9.17, 15) is 0 Å². The third-order valence-electron chi connectivity index (χ3n) is 5.81. The molecule has 0 fully saturated rings. The number of rotatable bonds is 21. The lowest BCUT2D eigenvalue weighted by Gasteiger charge is -2.28. The summed E-state index contributed by atoms with van der Waals surface area (Å²) in [5.41, 5.74) is 0. The molecule has 0 radical (unpaired) electrons. The standard InChI is InChI=1S/C24H51ClN.ClH/c1-4-5-6-7-8-9-10-11-12-13-14-15-16-17-18-19-20-21-23-26(2,3)24-22-25;/h4-24H2,1-3H3;1H/q+1;/p-1. The number of alkyl halides is 1. The second-order valence-electron chi connectivity index (χ2n) is 9.08. The molecule has 27 heavy (non-hydrogen) atoms. The van der Waals surface area contributed by atoms with E-state index in [4.69, 9.17) is 11.6 Å². The molecule has 166 valence electrons. The van der Waals surface area contributed by atoms with Crippen LogP contribution in [0.15, 0.2) is 0 Å². The van der Waals surface area contributed by atoms with Crippen molar-refractivity contribution in [3.8, 4) is 0 Å². The van der Waals surface area contributed by atoms with Crippen molar-refractivity contribution < 1.29 is 16.9 Å². The van der Waals surface area contributed by atoms with Crippen LogP contribution < -0.4 is 12.4 Å². The van der Waals surface area contributed by atoms with Crippen molar-refractivity contribution in [2.24, 2.45) is 0 Å². The quantitative estimate of drug-likeness (QED) is 0.132. The van der Waals surface area contributed by atoms with Gasteiger partial charge in [-0.05, 0) is 12.8 Å². The van der Waals surface area contributed by atoms with E-state index in [0.29, 0.717) is 0 Å². The summed E-state index contributed by atoms with van der Waals surface area (Å²) in [6, 6.07) is 0. The topological polar surface area (TPSA) is 0 Å². The molecular formula is C24H51Cl2N. The van der Waals surface area contributed by atoms with Gasteiger partial charge in [0.1, 0.15) is 0 Å². The first-order chi connectivity index (χ1) is 12.6. The van der Waals surface area contributed by atoms with Crippen LogP contribution in [0, 0.1) is 0 Å². The zero-order chi connectivity index (χ0) is 19.3. The highest BCUT2D eigenvalue weighted by molar-refractivity contribution is 6.17. The lowest BCUT2D eigenvalue weighted by Crippen LogP contribution is -3.00. The van der Waals surface area contributed by atoms with Gasteiger partial charge in [0.15, 0.2) is 0 Å². The predicted octanol–water partition coefficient (Wildman–Crippen LogP) is 5.35. The molecule has 3 heteroatoms. The summed E-state index contributed by atoms with van der Waals surface area (Å²) >= 11 is 5.86. The molecule has 0 saturated carbocycles. The highest BCUT2D eigenvalue weighted by Gasteiger charge is 2.12. The van der Waals surface area contributed by atoms with Crippen molar-refractivity contribution in [2.75, 3.05) is 33.1 Å². The van der Waals surface area contributed by atoms with E-state index < -0.39 is 0 Å². The summed E-state index contributed by atoms with van der Waals surface area (Å²) in [6.07, 6.45) is 26.1. The van der Waals surface area contributed by atoms with Gasteiger partial charge in [-0.3, -0.25) is 0 Å². The SMILES string of the molecule is CCCCCCCCCCCCCCCCCCCC[N+](C)(C)CCCl.[Cl-]. The van der Waals surface area contributed by atoms with Gasteiger partial charge in [0.2, 0.25) is 0 Å². The molecule has 0 bridgehead atoms. The molecule has 0 amide bonds. The van der Waals surface area contributed by atoms with Crippen molar-refractivity contribution in [2.45, 2.75) is 122 Å². The number of unbranched alkanes of at least 4 members (excludes halogenated alkanes) is 17. The smallest absolute Gasteiger partial charge is 0.0920 e. The Kier molecular flexibility index (Phi) is 25.1. The van der Waals surface area contributed by atoms with Gasteiger partial charge in [-0.1, -0.05) is 110 Å². The minimum Gasteiger partial charge on any atom is -1.00 e. The first-order valence-corrected chi connectivity index (χ1v) is 12.5. The Morgan fingerprint density at radius 2 is 0.778 bits per heavy atom. The van der Waals surface area contributed by atoms with E-state index in [2.05, 4.69) is 21.0 Å². The molecule has 0 rings (SSSR count). The van der Waals surface area contributed by atoms with E-state index >= 15 is 0 Å². The van der Waals surface area contributed by atoms with Crippen LogP contribution in [-0.4, -0.2) is 37.5 Å². The zero-order valence-electron chi connectivity index (χ0n) is 19.1. The highest BCUT2D eigenvalue weighted by atomic mass is 35.5. The lowest BCUT2D eigenvalue weighted by atomic mass is 10.0. The normalized spacial score (nSPS) is 11.6. The predicted molar refractivity (Wildman–Crippen MR) is 121 cm³/mol. The van der Waals surface area contributed by atoms with E-state index in [0.717, 1.165) is 16.9 Å². The Hall–Kier alpha value is 0.540. The highest BCUT2D eigenvalue weighted by Crippen LogP contribution is 2.14. The average molecular weight is 425 g/mol. The van der Waals surface area contributed by atoms with E-state index in [-0.39, 0.29) is 12.4 Å². The van der Waals surface area contributed by atoms with Crippen LogP contribution in [0.2, 0.25) is 0 Å². The summed E-state index contributed by atoms with van der Waals surface area (Å²) in [5, 5.41) is 0. The second-order valence-corrected chi connectivity index (χ2v) is 9.46. The molecule has 1 nitrogen and oxygen atoms in total. The maximum atomic E-state index is 5.86. The monoisotopic (exact) mass is 423 g/mol. The minimum atomic E-state index is 0. The summed E-state index contributed by atoms with van der Waals surface area (Å²) in [7, 11) is 4.60. The molecule has 0 spiro atoms. The van der Waals surface area contributed by atoms with E-state index in [1.54, 1.807) is 0 Å². The lowest BCUT2D eigenvalue weighted by molar-refractivity contribution is -0.888. The Bertz CT molecular complexity index is 269. The molecule has 0 aliphatic rings. The minimum absolute atomic E-state index is 0. The van der Waals surface area contributed by atoms with Crippen LogP contribution in [0.25, 0.3) is 0 Å². The number of halogens is 2. The Labute approximate surface area is 184 Å². The molecule has 0 saturated heterocycles. The van der Waals surface area contributed by atoms with Crippen LogP contribution in [-0.2, 0) is 0 Å². The third-order valence-corrected chi connectivity index (χ3v) is 5.98. The molecule has 0 unspecified atom stereocenters. The number of hydrogen-bond acceptors (Lipinski definition) is 0. The van der Waals surface area contributed by atoms with Crippen LogP contribution in [0.3, 0.4) is 0 Å².